The number of allylic oxidation sites excluding steroid dienone is 1. The highest BCUT2D eigenvalue weighted by Crippen LogP contribution is 2.43. The summed E-state index contributed by atoms with van der Waals surface area (Å²) < 4.78 is 0. The van der Waals surface area contributed by atoms with Gasteiger partial charge in [-0.15, -0.1) is 0 Å². The Bertz CT molecular complexity index is 594. The van der Waals surface area contributed by atoms with Crippen molar-refractivity contribution in [3.05, 3.63) is 59.3 Å². The molecule has 0 bridgehead atoms. The van der Waals surface area contributed by atoms with E-state index in [1.54, 1.807) is 0 Å². The number of aromatic nitrogens is 1. The zero-order chi connectivity index (χ0) is 11.1. The van der Waals surface area contributed by atoms with E-state index in [2.05, 4.69) is 55.2 Å². The molecule has 1 nitrogen and oxygen atoms in total. The zero-order valence-corrected chi connectivity index (χ0v) is 9.49. The molecule has 1 heterocycles. The molecule has 3 rings (SSSR count). The smallest absolute Gasteiger partial charge is 0.0789 e. The van der Waals surface area contributed by atoms with Crippen LogP contribution in [0.3, 0.4) is 0 Å². The second kappa shape index (κ2) is 3.31. The van der Waals surface area contributed by atoms with E-state index in [0.717, 1.165) is 5.69 Å². The molecule has 0 fully saturated rings. The van der Waals surface area contributed by atoms with Crippen molar-refractivity contribution in [1.29, 1.82) is 0 Å². The van der Waals surface area contributed by atoms with Crippen molar-refractivity contribution in [2.24, 2.45) is 0 Å². The fourth-order valence-electron chi connectivity index (χ4n) is 2.46. The Balaban J connectivity index is 2.44. The van der Waals surface area contributed by atoms with Crippen molar-refractivity contribution in [3.63, 3.8) is 0 Å². The standard InChI is InChI=1S/C15H13N/c1-3-11-12-6-4-5-7-13(12)15-14(11)10(2)8-9-16-15/h3-9H,1-2H3/b11-3-. The predicted octanol–water partition coefficient (Wildman–Crippen LogP) is 3.82. The summed E-state index contributed by atoms with van der Waals surface area (Å²) in [4.78, 5) is 4.52. The van der Waals surface area contributed by atoms with Crippen LogP contribution >= 0.6 is 0 Å². The molecule has 1 aromatic heterocycles. The molecule has 0 radical (unpaired) electrons. The molecule has 0 N–H and O–H groups in total. The summed E-state index contributed by atoms with van der Waals surface area (Å²) in [5.41, 5.74) is 7.61. The largest absolute Gasteiger partial charge is 0.256 e. The van der Waals surface area contributed by atoms with Crippen LogP contribution < -0.4 is 0 Å². The molecule has 0 spiro atoms. The lowest BCUT2D eigenvalue weighted by molar-refractivity contribution is 1.28. The molecule has 0 atom stereocenters. The van der Waals surface area contributed by atoms with E-state index in [4.69, 9.17) is 0 Å². The number of fused-ring (bicyclic) bond motifs is 3. The summed E-state index contributed by atoms with van der Waals surface area (Å²) in [5, 5.41) is 0. The van der Waals surface area contributed by atoms with Crippen LogP contribution in [0.2, 0.25) is 0 Å². The molecule has 1 heteroatoms. The quantitative estimate of drug-likeness (QED) is 0.546. The van der Waals surface area contributed by atoms with Gasteiger partial charge in [0.15, 0.2) is 0 Å². The van der Waals surface area contributed by atoms with Crippen molar-refractivity contribution in [1.82, 2.24) is 4.98 Å². The summed E-state index contributed by atoms with van der Waals surface area (Å²) in [5.74, 6) is 0. The van der Waals surface area contributed by atoms with Crippen molar-refractivity contribution in [3.8, 4) is 11.3 Å². The van der Waals surface area contributed by atoms with Crippen LogP contribution in [0, 0.1) is 6.92 Å². The van der Waals surface area contributed by atoms with Gasteiger partial charge in [0, 0.05) is 17.3 Å². The Kier molecular flexibility index (Phi) is 1.93. The Morgan fingerprint density at radius 1 is 1.06 bits per heavy atom. The third-order valence-corrected chi connectivity index (χ3v) is 3.19. The van der Waals surface area contributed by atoms with Crippen molar-refractivity contribution >= 4 is 5.57 Å². The van der Waals surface area contributed by atoms with Gasteiger partial charge in [-0.25, -0.2) is 0 Å². The van der Waals surface area contributed by atoms with E-state index >= 15 is 0 Å². The van der Waals surface area contributed by atoms with Gasteiger partial charge in [-0.2, -0.15) is 0 Å². The third kappa shape index (κ3) is 1.09. The number of hydrogen-bond donors (Lipinski definition) is 0. The van der Waals surface area contributed by atoms with Crippen LogP contribution in [0.1, 0.15) is 23.6 Å². The highest BCUT2D eigenvalue weighted by molar-refractivity contribution is 6.00. The summed E-state index contributed by atoms with van der Waals surface area (Å²) in [6, 6.07) is 10.6. The molecule has 0 unspecified atom stereocenters. The Morgan fingerprint density at radius 2 is 1.81 bits per heavy atom. The molecule has 16 heavy (non-hydrogen) atoms. The highest BCUT2D eigenvalue weighted by atomic mass is 14.7. The molecule has 1 aliphatic rings. The van der Waals surface area contributed by atoms with Crippen LogP contribution in [0.4, 0.5) is 0 Å². The first-order chi connectivity index (χ1) is 7.83. The second-order valence-corrected chi connectivity index (χ2v) is 4.10. The second-order valence-electron chi connectivity index (χ2n) is 4.10. The first-order valence-corrected chi connectivity index (χ1v) is 5.55. The van der Waals surface area contributed by atoms with Crippen LogP contribution in [-0.4, -0.2) is 4.98 Å². The maximum atomic E-state index is 4.52. The number of hydrogen-bond acceptors (Lipinski definition) is 1. The van der Waals surface area contributed by atoms with Crippen LogP contribution in [0.15, 0.2) is 42.6 Å². The van der Waals surface area contributed by atoms with Crippen LogP contribution in [0.25, 0.3) is 16.8 Å². The van der Waals surface area contributed by atoms with Crippen molar-refractivity contribution in [2.75, 3.05) is 0 Å². The fourth-order valence-corrected chi connectivity index (χ4v) is 2.46. The van der Waals surface area contributed by atoms with E-state index in [0.29, 0.717) is 0 Å². The molecule has 0 saturated heterocycles. The predicted molar refractivity (Wildman–Crippen MR) is 67.2 cm³/mol. The van der Waals surface area contributed by atoms with Gasteiger partial charge in [0.1, 0.15) is 0 Å². The molecular weight excluding hydrogens is 194 g/mol. The Labute approximate surface area is 95.5 Å². The average Bonchev–Trinajstić information content (AvgIpc) is 2.65. The molecular formula is C15H13N. The Hall–Kier alpha value is -1.89. The summed E-state index contributed by atoms with van der Waals surface area (Å²) in [7, 11) is 0. The number of nitrogens with zero attached hydrogens (tertiary/aromatic N) is 1. The van der Waals surface area contributed by atoms with E-state index < -0.39 is 0 Å². The van der Waals surface area contributed by atoms with E-state index in [-0.39, 0.29) is 0 Å². The molecule has 0 aliphatic heterocycles. The average molecular weight is 207 g/mol. The van der Waals surface area contributed by atoms with Gasteiger partial charge < -0.3 is 0 Å². The normalized spacial score (nSPS) is 15.0. The molecule has 0 amide bonds. The zero-order valence-electron chi connectivity index (χ0n) is 9.49. The van der Waals surface area contributed by atoms with Gasteiger partial charge >= 0.3 is 0 Å². The van der Waals surface area contributed by atoms with E-state index in [1.165, 1.54) is 27.8 Å². The third-order valence-electron chi connectivity index (χ3n) is 3.19. The van der Waals surface area contributed by atoms with Gasteiger partial charge in [0.25, 0.3) is 0 Å². The highest BCUT2D eigenvalue weighted by Gasteiger charge is 2.24. The summed E-state index contributed by atoms with van der Waals surface area (Å²) in [6.07, 6.45) is 4.07. The lowest BCUT2D eigenvalue weighted by Gasteiger charge is -2.04. The fraction of sp³-hybridized carbons (Fsp3) is 0.133. The molecule has 0 saturated carbocycles. The lowest BCUT2D eigenvalue weighted by atomic mass is 10.0. The number of pyridine rings is 1. The summed E-state index contributed by atoms with van der Waals surface area (Å²) >= 11 is 0. The molecule has 1 aliphatic carbocycles. The number of aryl methyl sites for hydroxylation is 1. The summed E-state index contributed by atoms with van der Waals surface area (Å²) in [6.45, 7) is 4.24. The van der Waals surface area contributed by atoms with Gasteiger partial charge in [-0.3, -0.25) is 4.98 Å². The van der Waals surface area contributed by atoms with Gasteiger partial charge in [0.2, 0.25) is 0 Å². The maximum Gasteiger partial charge on any atom is 0.0789 e. The SMILES string of the molecule is C/C=C1/c2ccccc2-c2nccc(C)c21. The molecule has 1 aromatic carbocycles. The number of rotatable bonds is 0. The maximum absolute atomic E-state index is 4.52. The lowest BCUT2D eigenvalue weighted by Crippen LogP contribution is -1.87. The van der Waals surface area contributed by atoms with Gasteiger partial charge in [-0.05, 0) is 36.6 Å². The molecule has 78 valence electrons. The topological polar surface area (TPSA) is 12.9 Å². The first-order valence-electron chi connectivity index (χ1n) is 5.55. The monoisotopic (exact) mass is 207 g/mol. The number of benzene rings is 1. The van der Waals surface area contributed by atoms with Gasteiger partial charge in [0.05, 0.1) is 5.69 Å². The minimum Gasteiger partial charge on any atom is -0.256 e. The van der Waals surface area contributed by atoms with Crippen molar-refractivity contribution < 1.29 is 0 Å². The van der Waals surface area contributed by atoms with Crippen LogP contribution in [-0.2, 0) is 0 Å². The van der Waals surface area contributed by atoms with Crippen LogP contribution in [0.5, 0.6) is 0 Å². The van der Waals surface area contributed by atoms with E-state index in [9.17, 15) is 0 Å². The Morgan fingerprint density at radius 3 is 2.56 bits per heavy atom. The van der Waals surface area contributed by atoms with E-state index in [1.807, 2.05) is 6.20 Å². The van der Waals surface area contributed by atoms with Crippen molar-refractivity contribution in [2.45, 2.75) is 13.8 Å². The molecule has 2 aromatic rings. The minimum absolute atomic E-state index is 1.13. The van der Waals surface area contributed by atoms with Gasteiger partial charge in [-0.1, -0.05) is 30.3 Å². The first kappa shape index (κ1) is 9.34. The minimum atomic E-state index is 1.13.